The quantitative estimate of drug-likeness (QED) is 0.900. The van der Waals surface area contributed by atoms with E-state index in [-0.39, 0.29) is 11.9 Å². The van der Waals surface area contributed by atoms with Crippen LogP contribution in [0.4, 0.5) is 0 Å². The minimum absolute atomic E-state index is 0.0879. The van der Waals surface area contributed by atoms with Gasteiger partial charge in [-0.1, -0.05) is 23.7 Å². The SMILES string of the molecule is CNC(C)(C)C(=O)N(Cc1cccc(Cl)c1)C(C)C. The highest BCUT2D eigenvalue weighted by atomic mass is 35.5. The van der Waals surface area contributed by atoms with Gasteiger partial charge in [0.1, 0.15) is 0 Å². The van der Waals surface area contributed by atoms with Crippen molar-refractivity contribution in [3.05, 3.63) is 34.9 Å². The van der Waals surface area contributed by atoms with Gasteiger partial charge in [-0.2, -0.15) is 0 Å². The molecular weight excluding hydrogens is 260 g/mol. The van der Waals surface area contributed by atoms with Crippen molar-refractivity contribution in [2.45, 2.75) is 45.8 Å². The van der Waals surface area contributed by atoms with E-state index in [1.807, 2.05) is 56.9 Å². The highest BCUT2D eigenvalue weighted by molar-refractivity contribution is 6.30. The van der Waals surface area contributed by atoms with Gasteiger partial charge in [-0.25, -0.2) is 0 Å². The van der Waals surface area contributed by atoms with Gasteiger partial charge in [0.05, 0.1) is 5.54 Å². The number of amides is 1. The van der Waals surface area contributed by atoms with E-state index in [1.165, 1.54) is 0 Å². The van der Waals surface area contributed by atoms with Gasteiger partial charge in [-0.15, -0.1) is 0 Å². The molecule has 0 aliphatic carbocycles. The zero-order chi connectivity index (χ0) is 14.6. The first-order valence-corrected chi connectivity index (χ1v) is 6.90. The Bertz CT molecular complexity index is 444. The Balaban J connectivity index is 2.94. The molecule has 3 nitrogen and oxygen atoms in total. The Morgan fingerprint density at radius 2 is 2.05 bits per heavy atom. The van der Waals surface area contributed by atoms with E-state index in [2.05, 4.69) is 5.32 Å². The van der Waals surface area contributed by atoms with E-state index in [0.717, 1.165) is 5.56 Å². The molecule has 0 saturated heterocycles. The van der Waals surface area contributed by atoms with Gasteiger partial charge in [0.25, 0.3) is 0 Å². The standard InChI is InChI=1S/C15H23ClN2O/c1-11(2)18(14(19)15(3,4)17-5)10-12-7-6-8-13(16)9-12/h6-9,11,17H,10H2,1-5H3. The zero-order valence-corrected chi connectivity index (χ0v) is 13.1. The summed E-state index contributed by atoms with van der Waals surface area (Å²) in [5, 5.41) is 3.75. The van der Waals surface area contributed by atoms with Gasteiger partial charge >= 0.3 is 0 Å². The maximum absolute atomic E-state index is 12.6. The van der Waals surface area contributed by atoms with E-state index < -0.39 is 5.54 Å². The third-order valence-corrected chi connectivity index (χ3v) is 3.52. The molecule has 1 amide bonds. The van der Waals surface area contributed by atoms with Crippen LogP contribution in [0.2, 0.25) is 5.02 Å². The molecule has 1 aromatic rings. The summed E-state index contributed by atoms with van der Waals surface area (Å²) in [7, 11) is 1.80. The summed E-state index contributed by atoms with van der Waals surface area (Å²) < 4.78 is 0. The van der Waals surface area contributed by atoms with Crippen LogP contribution < -0.4 is 5.32 Å². The van der Waals surface area contributed by atoms with Crippen LogP contribution in [0.15, 0.2) is 24.3 Å². The van der Waals surface area contributed by atoms with Crippen LogP contribution in [0.3, 0.4) is 0 Å². The third kappa shape index (κ3) is 4.22. The number of rotatable bonds is 5. The number of carbonyl (C=O) groups is 1. The predicted octanol–water partition coefficient (Wildman–Crippen LogP) is 3.08. The number of carbonyl (C=O) groups excluding carboxylic acids is 1. The van der Waals surface area contributed by atoms with Gasteiger partial charge in [0.2, 0.25) is 5.91 Å². The monoisotopic (exact) mass is 282 g/mol. The highest BCUT2D eigenvalue weighted by Gasteiger charge is 2.31. The summed E-state index contributed by atoms with van der Waals surface area (Å²) in [6.45, 7) is 8.40. The van der Waals surface area contributed by atoms with Gasteiger partial charge in [-0.05, 0) is 52.4 Å². The largest absolute Gasteiger partial charge is 0.334 e. The maximum atomic E-state index is 12.6. The molecule has 0 radical (unpaired) electrons. The molecule has 0 fully saturated rings. The van der Waals surface area contributed by atoms with E-state index in [4.69, 9.17) is 11.6 Å². The first kappa shape index (κ1) is 16.0. The van der Waals surface area contributed by atoms with Crippen molar-refractivity contribution < 1.29 is 4.79 Å². The molecule has 0 aromatic heterocycles. The van der Waals surface area contributed by atoms with Crippen molar-refractivity contribution in [2.75, 3.05) is 7.05 Å². The van der Waals surface area contributed by atoms with E-state index >= 15 is 0 Å². The molecule has 0 heterocycles. The van der Waals surface area contributed by atoms with Gasteiger partial charge in [0, 0.05) is 17.6 Å². The number of nitrogens with zero attached hydrogens (tertiary/aromatic N) is 1. The summed E-state index contributed by atoms with van der Waals surface area (Å²) >= 11 is 5.99. The smallest absolute Gasteiger partial charge is 0.242 e. The van der Waals surface area contributed by atoms with E-state index in [1.54, 1.807) is 7.05 Å². The molecule has 4 heteroatoms. The highest BCUT2D eigenvalue weighted by Crippen LogP contribution is 2.17. The summed E-state index contributed by atoms with van der Waals surface area (Å²) in [6.07, 6.45) is 0. The van der Waals surface area contributed by atoms with Crippen LogP contribution in [0, 0.1) is 0 Å². The minimum atomic E-state index is -0.567. The number of hydrogen-bond acceptors (Lipinski definition) is 2. The van der Waals surface area contributed by atoms with Crippen LogP contribution >= 0.6 is 11.6 Å². The summed E-state index contributed by atoms with van der Waals surface area (Å²) in [5.41, 5.74) is 0.476. The average molecular weight is 283 g/mol. The van der Waals surface area contributed by atoms with Crippen LogP contribution in [-0.2, 0) is 11.3 Å². The van der Waals surface area contributed by atoms with Crippen LogP contribution in [-0.4, -0.2) is 29.4 Å². The van der Waals surface area contributed by atoms with E-state index in [0.29, 0.717) is 11.6 Å². The first-order valence-electron chi connectivity index (χ1n) is 6.52. The average Bonchev–Trinajstić information content (AvgIpc) is 2.35. The molecule has 0 spiro atoms. The zero-order valence-electron chi connectivity index (χ0n) is 12.3. The lowest BCUT2D eigenvalue weighted by Gasteiger charge is -2.34. The van der Waals surface area contributed by atoms with Crippen molar-refractivity contribution in [1.82, 2.24) is 10.2 Å². The molecule has 0 unspecified atom stereocenters. The molecule has 19 heavy (non-hydrogen) atoms. The maximum Gasteiger partial charge on any atom is 0.242 e. The second kappa shape index (κ2) is 6.40. The molecular formula is C15H23ClN2O. The fourth-order valence-corrected chi connectivity index (χ4v) is 2.00. The summed E-state index contributed by atoms with van der Waals surface area (Å²) in [5.74, 6) is 0.0879. The lowest BCUT2D eigenvalue weighted by molar-refractivity contribution is -0.139. The number of nitrogens with one attached hydrogen (secondary N) is 1. The molecule has 0 saturated carbocycles. The molecule has 1 rings (SSSR count). The topological polar surface area (TPSA) is 32.3 Å². The number of likely N-dealkylation sites (N-methyl/N-ethyl adjacent to an activating group) is 1. The van der Waals surface area contributed by atoms with Crippen molar-refractivity contribution in [2.24, 2.45) is 0 Å². The molecule has 0 aliphatic rings. The van der Waals surface area contributed by atoms with Crippen molar-refractivity contribution in [3.63, 3.8) is 0 Å². The Hall–Kier alpha value is -1.06. The van der Waals surface area contributed by atoms with Crippen LogP contribution in [0.5, 0.6) is 0 Å². The normalized spacial score (nSPS) is 11.7. The molecule has 0 aliphatic heterocycles. The predicted molar refractivity (Wildman–Crippen MR) is 80.3 cm³/mol. The molecule has 1 N–H and O–H groups in total. The van der Waals surface area contributed by atoms with Crippen molar-refractivity contribution in [3.8, 4) is 0 Å². The summed E-state index contributed by atoms with van der Waals surface area (Å²) in [6, 6.07) is 7.77. The molecule has 1 aromatic carbocycles. The second-order valence-corrected chi connectivity index (χ2v) is 5.97. The fourth-order valence-electron chi connectivity index (χ4n) is 1.79. The third-order valence-electron chi connectivity index (χ3n) is 3.29. The van der Waals surface area contributed by atoms with Gasteiger partial charge in [0.15, 0.2) is 0 Å². The Morgan fingerprint density at radius 3 is 2.53 bits per heavy atom. The Labute approximate surface area is 120 Å². The summed E-state index contributed by atoms with van der Waals surface area (Å²) in [4.78, 5) is 14.4. The molecule has 0 bridgehead atoms. The lowest BCUT2D eigenvalue weighted by atomic mass is 10.0. The van der Waals surface area contributed by atoms with Crippen molar-refractivity contribution >= 4 is 17.5 Å². The lowest BCUT2D eigenvalue weighted by Crippen LogP contribution is -2.54. The molecule has 106 valence electrons. The Kier molecular flexibility index (Phi) is 5.39. The number of halogens is 1. The fraction of sp³-hybridized carbons (Fsp3) is 0.533. The van der Waals surface area contributed by atoms with Crippen LogP contribution in [0.1, 0.15) is 33.3 Å². The van der Waals surface area contributed by atoms with Gasteiger partial charge < -0.3 is 10.2 Å². The number of benzene rings is 1. The second-order valence-electron chi connectivity index (χ2n) is 5.53. The van der Waals surface area contributed by atoms with Crippen LogP contribution in [0.25, 0.3) is 0 Å². The molecule has 0 atom stereocenters. The Morgan fingerprint density at radius 1 is 1.42 bits per heavy atom. The van der Waals surface area contributed by atoms with Crippen molar-refractivity contribution in [1.29, 1.82) is 0 Å². The minimum Gasteiger partial charge on any atom is -0.334 e. The first-order chi connectivity index (χ1) is 8.77. The van der Waals surface area contributed by atoms with Gasteiger partial charge in [-0.3, -0.25) is 4.79 Å². The van der Waals surface area contributed by atoms with E-state index in [9.17, 15) is 4.79 Å². The number of hydrogen-bond donors (Lipinski definition) is 1.